The molecule has 2 aromatic rings. The van der Waals surface area contributed by atoms with E-state index in [4.69, 9.17) is 4.74 Å². The molecular formula is C18H21FN2O3. The number of hydrogen-bond acceptors (Lipinski definition) is 3. The summed E-state index contributed by atoms with van der Waals surface area (Å²) >= 11 is 0. The van der Waals surface area contributed by atoms with Crippen molar-refractivity contribution in [3.8, 4) is 0 Å². The molecule has 1 N–H and O–H groups in total. The predicted octanol–water partition coefficient (Wildman–Crippen LogP) is 3.45. The minimum Gasteiger partial charge on any atom is -0.449 e. The number of ether oxygens (including phenoxy) is 1. The Hall–Kier alpha value is -2.63. The van der Waals surface area contributed by atoms with Crippen molar-refractivity contribution in [2.75, 3.05) is 5.32 Å². The minimum absolute atomic E-state index is 0.312. The van der Waals surface area contributed by atoms with Crippen molar-refractivity contribution in [1.29, 1.82) is 0 Å². The highest BCUT2D eigenvalue weighted by Crippen LogP contribution is 2.17. The van der Waals surface area contributed by atoms with Gasteiger partial charge in [0.15, 0.2) is 6.10 Å². The fourth-order valence-corrected chi connectivity index (χ4v) is 2.58. The lowest BCUT2D eigenvalue weighted by Crippen LogP contribution is -2.30. The number of anilines is 1. The lowest BCUT2D eigenvalue weighted by atomic mass is 10.2. The van der Waals surface area contributed by atoms with Crippen molar-refractivity contribution < 1.29 is 18.7 Å². The molecule has 2 rings (SSSR count). The van der Waals surface area contributed by atoms with E-state index in [1.165, 1.54) is 25.1 Å². The van der Waals surface area contributed by atoms with Gasteiger partial charge in [-0.2, -0.15) is 0 Å². The van der Waals surface area contributed by atoms with Crippen LogP contribution in [0.1, 0.15) is 35.6 Å². The molecule has 128 valence electrons. The molecule has 5 nitrogen and oxygen atoms in total. The monoisotopic (exact) mass is 332 g/mol. The van der Waals surface area contributed by atoms with Crippen LogP contribution in [-0.2, 0) is 16.1 Å². The maximum absolute atomic E-state index is 13.1. The number of hydrogen-bond donors (Lipinski definition) is 1. The molecule has 0 unspecified atom stereocenters. The van der Waals surface area contributed by atoms with Crippen LogP contribution in [0.25, 0.3) is 0 Å². The zero-order valence-electron chi connectivity index (χ0n) is 14.2. The summed E-state index contributed by atoms with van der Waals surface area (Å²) in [5, 5.41) is 2.52. The summed E-state index contributed by atoms with van der Waals surface area (Å²) in [5.41, 5.74) is 2.52. The summed E-state index contributed by atoms with van der Waals surface area (Å²) < 4.78 is 20.4. The number of carbonyl (C=O) groups excluding carboxylic acids is 2. The molecule has 1 amide bonds. The van der Waals surface area contributed by atoms with Gasteiger partial charge in [-0.05, 0) is 52.0 Å². The Kier molecular flexibility index (Phi) is 5.39. The van der Waals surface area contributed by atoms with Crippen LogP contribution >= 0.6 is 0 Å². The zero-order valence-corrected chi connectivity index (χ0v) is 14.2. The van der Waals surface area contributed by atoms with E-state index < -0.39 is 23.8 Å². The smallest absolute Gasteiger partial charge is 0.340 e. The molecule has 0 aliphatic carbocycles. The van der Waals surface area contributed by atoms with E-state index >= 15 is 0 Å². The van der Waals surface area contributed by atoms with Crippen molar-refractivity contribution in [2.24, 2.45) is 0 Å². The summed E-state index contributed by atoms with van der Waals surface area (Å²) in [4.78, 5) is 24.4. The Morgan fingerprint density at radius 2 is 2.00 bits per heavy atom. The van der Waals surface area contributed by atoms with Crippen molar-refractivity contribution in [2.45, 2.75) is 40.3 Å². The van der Waals surface area contributed by atoms with Gasteiger partial charge in [0, 0.05) is 23.6 Å². The Balaban J connectivity index is 2.04. The van der Waals surface area contributed by atoms with E-state index in [1.807, 2.05) is 25.3 Å². The van der Waals surface area contributed by atoms with Crippen LogP contribution in [0.15, 0.2) is 30.3 Å². The molecule has 1 aromatic heterocycles. The molecule has 1 heterocycles. The van der Waals surface area contributed by atoms with E-state index in [1.54, 1.807) is 12.1 Å². The average Bonchev–Trinajstić information content (AvgIpc) is 2.81. The first-order valence-electron chi connectivity index (χ1n) is 7.77. The Morgan fingerprint density at radius 1 is 1.29 bits per heavy atom. The zero-order chi connectivity index (χ0) is 17.9. The van der Waals surface area contributed by atoms with Gasteiger partial charge in [-0.15, -0.1) is 0 Å². The van der Waals surface area contributed by atoms with Gasteiger partial charge in [0.25, 0.3) is 5.91 Å². The molecule has 0 spiro atoms. The molecule has 0 fully saturated rings. The highest BCUT2D eigenvalue weighted by Gasteiger charge is 2.22. The van der Waals surface area contributed by atoms with Crippen molar-refractivity contribution >= 4 is 17.6 Å². The molecule has 1 atom stereocenters. The van der Waals surface area contributed by atoms with Crippen LogP contribution in [0.5, 0.6) is 0 Å². The third kappa shape index (κ3) is 3.82. The van der Waals surface area contributed by atoms with Crippen molar-refractivity contribution in [1.82, 2.24) is 4.57 Å². The summed E-state index contributed by atoms with van der Waals surface area (Å²) in [5.74, 6) is -1.52. The number of benzene rings is 1. The van der Waals surface area contributed by atoms with Crippen LogP contribution in [0, 0.1) is 19.7 Å². The van der Waals surface area contributed by atoms with E-state index in [2.05, 4.69) is 5.32 Å². The number of esters is 1. The first-order chi connectivity index (χ1) is 11.3. The van der Waals surface area contributed by atoms with Gasteiger partial charge in [-0.3, -0.25) is 4.79 Å². The summed E-state index contributed by atoms with van der Waals surface area (Å²) in [6, 6.07) is 7.27. The Labute approximate surface area is 140 Å². The van der Waals surface area contributed by atoms with Gasteiger partial charge in [0.05, 0.1) is 5.56 Å². The molecule has 1 aromatic carbocycles. The fraction of sp³-hybridized carbons (Fsp3) is 0.333. The van der Waals surface area contributed by atoms with Crippen molar-refractivity contribution in [3.05, 3.63) is 53.1 Å². The third-order valence-electron chi connectivity index (χ3n) is 3.85. The molecular weight excluding hydrogens is 311 g/mol. The number of halogens is 1. The van der Waals surface area contributed by atoms with Gasteiger partial charge >= 0.3 is 5.97 Å². The van der Waals surface area contributed by atoms with E-state index in [9.17, 15) is 14.0 Å². The third-order valence-corrected chi connectivity index (χ3v) is 3.85. The summed E-state index contributed by atoms with van der Waals surface area (Å²) in [6.45, 7) is 7.97. The number of nitrogens with one attached hydrogen (secondary N) is 1. The summed E-state index contributed by atoms with van der Waals surface area (Å²) in [6.07, 6.45) is -0.995. The van der Waals surface area contributed by atoms with Crippen LogP contribution in [0.3, 0.4) is 0 Å². The van der Waals surface area contributed by atoms with Gasteiger partial charge in [0.2, 0.25) is 0 Å². The van der Waals surface area contributed by atoms with Gasteiger partial charge in [-0.1, -0.05) is 6.07 Å². The predicted molar refractivity (Wildman–Crippen MR) is 89.5 cm³/mol. The molecule has 0 aliphatic rings. The second-order valence-corrected chi connectivity index (χ2v) is 5.58. The number of nitrogens with zero attached hydrogens (tertiary/aromatic N) is 1. The number of carbonyl (C=O) groups is 2. The first-order valence-corrected chi connectivity index (χ1v) is 7.77. The highest BCUT2D eigenvalue weighted by molar-refractivity contribution is 5.97. The average molecular weight is 332 g/mol. The van der Waals surface area contributed by atoms with E-state index in [-0.39, 0.29) is 0 Å². The van der Waals surface area contributed by atoms with Gasteiger partial charge in [-0.25, -0.2) is 9.18 Å². The lowest BCUT2D eigenvalue weighted by molar-refractivity contribution is -0.123. The van der Waals surface area contributed by atoms with Crippen LogP contribution in [0.4, 0.5) is 10.1 Å². The minimum atomic E-state index is -0.995. The van der Waals surface area contributed by atoms with Crippen LogP contribution in [0.2, 0.25) is 0 Å². The number of aromatic nitrogens is 1. The van der Waals surface area contributed by atoms with Gasteiger partial charge in [0.1, 0.15) is 5.82 Å². The number of aryl methyl sites for hydroxylation is 1. The Morgan fingerprint density at radius 3 is 2.58 bits per heavy atom. The highest BCUT2D eigenvalue weighted by atomic mass is 19.1. The van der Waals surface area contributed by atoms with Crippen LogP contribution < -0.4 is 5.32 Å². The molecule has 0 saturated carbocycles. The van der Waals surface area contributed by atoms with E-state index in [0.717, 1.165) is 17.9 Å². The number of rotatable bonds is 5. The fourth-order valence-electron chi connectivity index (χ4n) is 2.58. The second kappa shape index (κ2) is 7.29. The van der Waals surface area contributed by atoms with Gasteiger partial charge < -0.3 is 14.6 Å². The van der Waals surface area contributed by atoms with E-state index in [0.29, 0.717) is 11.3 Å². The Bertz CT molecular complexity index is 768. The second-order valence-electron chi connectivity index (χ2n) is 5.58. The first kappa shape index (κ1) is 17.7. The molecule has 0 saturated heterocycles. The maximum atomic E-state index is 13.1. The largest absolute Gasteiger partial charge is 0.449 e. The van der Waals surface area contributed by atoms with Crippen LogP contribution in [-0.4, -0.2) is 22.5 Å². The maximum Gasteiger partial charge on any atom is 0.340 e. The quantitative estimate of drug-likeness (QED) is 0.853. The normalized spacial score (nSPS) is 11.9. The molecule has 6 heteroatoms. The summed E-state index contributed by atoms with van der Waals surface area (Å²) in [7, 11) is 0. The van der Waals surface area contributed by atoms with Crippen molar-refractivity contribution in [3.63, 3.8) is 0 Å². The molecule has 0 radical (unpaired) electrons. The molecule has 24 heavy (non-hydrogen) atoms. The SMILES string of the molecule is CCn1c(C)cc(C(=O)O[C@H](C)C(=O)Nc2cccc(F)c2)c1C. The standard InChI is InChI=1S/C18H21FN2O3/c1-5-21-11(2)9-16(12(21)3)18(23)24-13(4)17(22)20-15-8-6-7-14(19)10-15/h6-10,13H,5H2,1-4H3,(H,20,22)/t13-/m1/s1. The molecule has 0 bridgehead atoms. The number of amides is 1. The lowest BCUT2D eigenvalue weighted by Gasteiger charge is -2.14. The topological polar surface area (TPSA) is 60.3 Å². The molecule has 0 aliphatic heterocycles.